The predicted molar refractivity (Wildman–Crippen MR) is 87.6 cm³/mol. The fourth-order valence-corrected chi connectivity index (χ4v) is 5.55. The van der Waals surface area contributed by atoms with Gasteiger partial charge in [0.1, 0.15) is 0 Å². The minimum atomic E-state index is 0.389. The fraction of sp³-hybridized carbons (Fsp3) is 0.800. The van der Waals surface area contributed by atoms with Crippen molar-refractivity contribution in [2.75, 3.05) is 0 Å². The van der Waals surface area contributed by atoms with Gasteiger partial charge in [0.05, 0.1) is 0 Å². The van der Waals surface area contributed by atoms with Gasteiger partial charge in [-0.25, -0.2) is 0 Å². The molecule has 0 bridgehead atoms. The van der Waals surface area contributed by atoms with Crippen molar-refractivity contribution >= 4 is 0 Å². The van der Waals surface area contributed by atoms with Crippen LogP contribution in [-0.2, 0) is 0 Å². The largest absolute Gasteiger partial charge is 0.103 e. The smallest absolute Gasteiger partial charge is 0.0141 e. The van der Waals surface area contributed by atoms with E-state index in [1.807, 2.05) is 5.57 Å². The summed E-state index contributed by atoms with van der Waals surface area (Å²) in [4.78, 5) is 0. The monoisotopic (exact) mass is 272 g/mol. The number of rotatable bonds is 1. The molecule has 0 aromatic carbocycles. The molecule has 4 atom stereocenters. The van der Waals surface area contributed by atoms with Gasteiger partial charge >= 0.3 is 0 Å². The summed E-state index contributed by atoms with van der Waals surface area (Å²) >= 11 is 0. The molecule has 0 radical (unpaired) electrons. The Morgan fingerprint density at radius 1 is 1.15 bits per heavy atom. The number of allylic oxidation sites excluding steroid dienone is 3. The number of fused-ring (bicyclic) bond motifs is 3. The van der Waals surface area contributed by atoms with Crippen LogP contribution >= 0.6 is 0 Å². The zero-order valence-corrected chi connectivity index (χ0v) is 14.0. The fourth-order valence-electron chi connectivity index (χ4n) is 5.55. The quantitative estimate of drug-likeness (QED) is 0.503. The van der Waals surface area contributed by atoms with Gasteiger partial charge in [-0.05, 0) is 66.6 Å². The molecule has 3 aliphatic carbocycles. The van der Waals surface area contributed by atoms with Crippen molar-refractivity contribution in [1.82, 2.24) is 0 Å². The molecule has 3 rings (SSSR count). The highest BCUT2D eigenvalue weighted by Crippen LogP contribution is 2.63. The Morgan fingerprint density at radius 3 is 2.60 bits per heavy atom. The summed E-state index contributed by atoms with van der Waals surface area (Å²) in [6.07, 6.45) is 14.5. The van der Waals surface area contributed by atoms with Gasteiger partial charge in [-0.2, -0.15) is 0 Å². The first-order valence-electron chi connectivity index (χ1n) is 8.65. The Morgan fingerprint density at radius 2 is 1.90 bits per heavy atom. The standard InChI is InChI=1S/C20H32/c1-6-19(4)12-13-20(5)15(14-19)9-10-16-17(20)8-7-11-18(16,2)3/h6,10,15,17H,1,7-9,11-14H2,2-5H3. The SMILES string of the molecule is C=CC1(C)CCC2(C)C(CC=C3C2CCCC3(C)C)C1. The van der Waals surface area contributed by atoms with Gasteiger partial charge in [0, 0.05) is 0 Å². The molecule has 0 N–H and O–H groups in total. The lowest BCUT2D eigenvalue weighted by Crippen LogP contribution is -2.48. The molecule has 4 unspecified atom stereocenters. The average molecular weight is 272 g/mol. The molecule has 3 aliphatic rings. The van der Waals surface area contributed by atoms with Crippen LogP contribution in [0, 0.1) is 28.1 Å². The summed E-state index contributed by atoms with van der Waals surface area (Å²) in [6, 6.07) is 0. The Kier molecular flexibility index (Phi) is 3.23. The third kappa shape index (κ3) is 2.02. The summed E-state index contributed by atoms with van der Waals surface area (Å²) in [5.41, 5.74) is 3.21. The van der Waals surface area contributed by atoms with Crippen molar-refractivity contribution in [2.45, 2.75) is 72.6 Å². The van der Waals surface area contributed by atoms with Gasteiger partial charge in [0.25, 0.3) is 0 Å². The normalized spacial score (nSPS) is 46.9. The van der Waals surface area contributed by atoms with Crippen LogP contribution in [0.3, 0.4) is 0 Å². The summed E-state index contributed by atoms with van der Waals surface area (Å²) in [5, 5.41) is 0. The van der Waals surface area contributed by atoms with Crippen LogP contribution in [-0.4, -0.2) is 0 Å². The van der Waals surface area contributed by atoms with E-state index < -0.39 is 0 Å². The van der Waals surface area contributed by atoms with Crippen molar-refractivity contribution in [1.29, 1.82) is 0 Å². The van der Waals surface area contributed by atoms with Gasteiger partial charge in [-0.1, -0.05) is 51.8 Å². The van der Waals surface area contributed by atoms with Gasteiger partial charge < -0.3 is 0 Å². The molecule has 20 heavy (non-hydrogen) atoms. The van der Waals surface area contributed by atoms with Crippen molar-refractivity contribution in [3.05, 3.63) is 24.3 Å². The van der Waals surface area contributed by atoms with Crippen LogP contribution in [0.5, 0.6) is 0 Å². The maximum atomic E-state index is 4.11. The van der Waals surface area contributed by atoms with Crippen molar-refractivity contribution in [3.8, 4) is 0 Å². The van der Waals surface area contributed by atoms with Gasteiger partial charge in [-0.3, -0.25) is 0 Å². The first-order chi connectivity index (χ1) is 9.31. The molecular formula is C20H32. The molecule has 0 nitrogen and oxygen atoms in total. The molecular weight excluding hydrogens is 240 g/mol. The van der Waals surface area contributed by atoms with Gasteiger partial charge in [-0.15, -0.1) is 6.58 Å². The second-order valence-electron chi connectivity index (χ2n) is 8.99. The highest BCUT2D eigenvalue weighted by Gasteiger charge is 2.52. The molecule has 0 aliphatic heterocycles. The summed E-state index contributed by atoms with van der Waals surface area (Å²) in [5.74, 6) is 1.74. The van der Waals surface area contributed by atoms with Crippen molar-refractivity contribution in [3.63, 3.8) is 0 Å². The van der Waals surface area contributed by atoms with E-state index in [0.29, 0.717) is 16.2 Å². The van der Waals surface area contributed by atoms with Gasteiger partial charge in [0.2, 0.25) is 0 Å². The zero-order chi connectivity index (χ0) is 14.6. The third-order valence-corrected chi connectivity index (χ3v) is 7.24. The van der Waals surface area contributed by atoms with Crippen LogP contribution in [0.4, 0.5) is 0 Å². The number of hydrogen-bond donors (Lipinski definition) is 0. The summed E-state index contributed by atoms with van der Waals surface area (Å²) in [6.45, 7) is 14.1. The molecule has 0 heteroatoms. The lowest BCUT2D eigenvalue weighted by atomic mass is 9.47. The van der Waals surface area contributed by atoms with Crippen LogP contribution in [0.2, 0.25) is 0 Å². The van der Waals surface area contributed by atoms with Crippen LogP contribution in [0.1, 0.15) is 72.6 Å². The molecule has 0 saturated heterocycles. The summed E-state index contributed by atoms with van der Waals surface area (Å²) < 4.78 is 0. The van der Waals surface area contributed by atoms with E-state index >= 15 is 0 Å². The van der Waals surface area contributed by atoms with Crippen LogP contribution < -0.4 is 0 Å². The molecule has 2 saturated carbocycles. The highest BCUT2D eigenvalue weighted by molar-refractivity contribution is 5.26. The molecule has 0 heterocycles. The lowest BCUT2D eigenvalue weighted by Gasteiger charge is -2.58. The minimum absolute atomic E-state index is 0.389. The lowest BCUT2D eigenvalue weighted by molar-refractivity contribution is -0.0131. The van der Waals surface area contributed by atoms with E-state index in [1.54, 1.807) is 0 Å². The Bertz CT molecular complexity index is 441. The van der Waals surface area contributed by atoms with E-state index in [2.05, 4.69) is 46.4 Å². The van der Waals surface area contributed by atoms with Crippen LogP contribution in [0.25, 0.3) is 0 Å². The zero-order valence-electron chi connectivity index (χ0n) is 14.0. The predicted octanol–water partition coefficient (Wildman–Crippen LogP) is 6.14. The Hall–Kier alpha value is -0.520. The maximum absolute atomic E-state index is 4.11. The first kappa shape index (κ1) is 14.4. The maximum Gasteiger partial charge on any atom is -0.0141 e. The second-order valence-corrected chi connectivity index (χ2v) is 8.99. The van der Waals surface area contributed by atoms with E-state index in [4.69, 9.17) is 0 Å². The Labute approximate surface area is 125 Å². The highest BCUT2D eigenvalue weighted by atomic mass is 14.6. The average Bonchev–Trinajstić information content (AvgIpc) is 2.40. The minimum Gasteiger partial charge on any atom is -0.103 e. The first-order valence-corrected chi connectivity index (χ1v) is 8.65. The van der Waals surface area contributed by atoms with Crippen molar-refractivity contribution in [2.24, 2.45) is 28.1 Å². The third-order valence-electron chi connectivity index (χ3n) is 7.24. The van der Waals surface area contributed by atoms with Crippen molar-refractivity contribution < 1.29 is 0 Å². The molecule has 0 aromatic heterocycles. The molecule has 2 fully saturated rings. The second kappa shape index (κ2) is 4.49. The van der Waals surface area contributed by atoms with E-state index in [1.165, 1.54) is 44.9 Å². The number of hydrogen-bond acceptors (Lipinski definition) is 0. The molecule has 0 spiro atoms. The summed E-state index contributed by atoms with van der Waals surface area (Å²) in [7, 11) is 0. The molecule has 0 aromatic rings. The molecule has 112 valence electrons. The van der Waals surface area contributed by atoms with E-state index in [-0.39, 0.29) is 0 Å². The van der Waals surface area contributed by atoms with E-state index in [0.717, 1.165) is 11.8 Å². The Balaban J connectivity index is 1.94. The molecule has 0 amide bonds. The van der Waals surface area contributed by atoms with Gasteiger partial charge in [0.15, 0.2) is 0 Å². The van der Waals surface area contributed by atoms with E-state index in [9.17, 15) is 0 Å². The topological polar surface area (TPSA) is 0 Å². The van der Waals surface area contributed by atoms with Crippen LogP contribution in [0.15, 0.2) is 24.3 Å².